The predicted octanol–water partition coefficient (Wildman–Crippen LogP) is 1.08. The molecule has 15 heteroatoms. The average molecular weight is 626 g/mol. The lowest BCUT2D eigenvalue weighted by atomic mass is 10.0. The van der Waals surface area contributed by atoms with Crippen molar-refractivity contribution < 1.29 is 38.2 Å². The highest BCUT2D eigenvalue weighted by Crippen LogP contribution is 2.24. The second-order valence-electron chi connectivity index (χ2n) is 10.5. The molecular formula is C27H39N5O8S2. The highest BCUT2D eigenvalue weighted by atomic mass is 33.1. The Kier molecular flexibility index (Phi) is 14.1. The summed E-state index contributed by atoms with van der Waals surface area (Å²) in [6.45, 7) is 7.51. The van der Waals surface area contributed by atoms with Gasteiger partial charge in [0.1, 0.15) is 35.6 Å². The van der Waals surface area contributed by atoms with Crippen molar-refractivity contribution in [2.75, 3.05) is 25.7 Å². The molecule has 0 spiro atoms. The molecule has 0 saturated carbocycles. The van der Waals surface area contributed by atoms with E-state index in [9.17, 15) is 28.8 Å². The van der Waals surface area contributed by atoms with E-state index in [0.717, 1.165) is 0 Å². The Morgan fingerprint density at radius 1 is 0.762 bits per heavy atom. The van der Waals surface area contributed by atoms with E-state index in [1.54, 1.807) is 0 Å². The topological polar surface area (TPSA) is 182 Å². The van der Waals surface area contributed by atoms with Crippen molar-refractivity contribution in [1.29, 1.82) is 0 Å². The summed E-state index contributed by atoms with van der Waals surface area (Å²) in [4.78, 5) is 81.8. The second kappa shape index (κ2) is 16.9. The lowest BCUT2D eigenvalue weighted by Crippen LogP contribution is -2.53. The number of ether oxygens (including phenoxy) is 2. The summed E-state index contributed by atoms with van der Waals surface area (Å²) in [5, 5.41) is 10.6. The number of carbonyl (C=O) groups excluding carboxylic acids is 6. The first-order valence-corrected chi connectivity index (χ1v) is 15.9. The maximum absolute atomic E-state index is 13.2. The molecule has 4 unspecified atom stereocenters. The number of hydrogen-bond acceptors (Lipinski definition) is 11. The maximum Gasteiger partial charge on any atom is 0.329 e. The molecule has 1 aliphatic rings. The molecule has 13 nitrogen and oxygen atoms in total. The Morgan fingerprint density at radius 2 is 1.14 bits per heavy atom. The molecule has 1 aromatic heterocycles. The van der Waals surface area contributed by atoms with Gasteiger partial charge in [-0.1, -0.05) is 55.3 Å². The number of pyridine rings is 1. The van der Waals surface area contributed by atoms with E-state index in [4.69, 9.17) is 9.47 Å². The van der Waals surface area contributed by atoms with Crippen LogP contribution >= 0.6 is 21.6 Å². The van der Waals surface area contributed by atoms with Crippen LogP contribution in [0.2, 0.25) is 0 Å². The second-order valence-corrected chi connectivity index (χ2v) is 13.0. The van der Waals surface area contributed by atoms with E-state index in [2.05, 4.69) is 26.3 Å². The molecule has 0 fully saturated rings. The molecule has 1 aromatic rings. The van der Waals surface area contributed by atoms with Gasteiger partial charge in [0, 0.05) is 11.5 Å². The summed E-state index contributed by atoms with van der Waals surface area (Å²) < 4.78 is 9.71. The van der Waals surface area contributed by atoms with E-state index in [1.807, 2.05) is 27.7 Å². The van der Waals surface area contributed by atoms with Gasteiger partial charge in [0.25, 0.3) is 11.8 Å². The molecule has 4 N–H and O–H groups in total. The number of carbonyl (C=O) groups is 6. The summed E-state index contributed by atoms with van der Waals surface area (Å²) in [5.41, 5.74) is -0.233. The Labute approximate surface area is 253 Å². The van der Waals surface area contributed by atoms with Gasteiger partial charge in [0.2, 0.25) is 11.8 Å². The minimum Gasteiger partial charge on any atom is -0.467 e. The highest BCUT2D eigenvalue weighted by molar-refractivity contribution is 8.76. The molecule has 4 atom stereocenters. The first-order valence-electron chi connectivity index (χ1n) is 13.5. The zero-order valence-corrected chi connectivity index (χ0v) is 26.2. The quantitative estimate of drug-likeness (QED) is 0.262. The molecule has 2 bridgehead atoms. The summed E-state index contributed by atoms with van der Waals surface area (Å²) in [6, 6.07) is 0.113. The molecule has 0 saturated heterocycles. The summed E-state index contributed by atoms with van der Waals surface area (Å²) in [5.74, 6) is -3.80. The molecule has 2 rings (SSSR count). The SMILES string of the molecule is COC(=O)C1CSSCC(C(=O)OC)NC(=O)C(CC(C)C)NC(=O)c2cccc(n2)C(=O)NC(CC(C)C)C(=O)N1. The molecule has 232 valence electrons. The van der Waals surface area contributed by atoms with Crippen molar-refractivity contribution in [3.05, 3.63) is 29.6 Å². The highest BCUT2D eigenvalue weighted by Gasteiger charge is 2.31. The lowest BCUT2D eigenvalue weighted by molar-refractivity contribution is -0.145. The minimum absolute atomic E-state index is 0.00687. The van der Waals surface area contributed by atoms with E-state index in [1.165, 1.54) is 54.0 Å². The Morgan fingerprint density at radius 3 is 1.48 bits per heavy atom. The van der Waals surface area contributed by atoms with Crippen LogP contribution in [0.5, 0.6) is 0 Å². The van der Waals surface area contributed by atoms with E-state index in [0.29, 0.717) is 0 Å². The first-order chi connectivity index (χ1) is 19.9. The first kappa shape index (κ1) is 34.9. The molecule has 42 heavy (non-hydrogen) atoms. The van der Waals surface area contributed by atoms with E-state index < -0.39 is 59.7 Å². The molecule has 0 aromatic carbocycles. The molecule has 0 radical (unpaired) electrons. The van der Waals surface area contributed by atoms with Crippen LogP contribution in [-0.2, 0) is 28.7 Å². The van der Waals surface area contributed by atoms with Gasteiger partial charge in [0.05, 0.1) is 14.2 Å². The van der Waals surface area contributed by atoms with Crippen LogP contribution in [0.4, 0.5) is 0 Å². The van der Waals surface area contributed by atoms with Gasteiger partial charge in [-0.05, 0) is 36.8 Å². The van der Waals surface area contributed by atoms with Crippen molar-refractivity contribution in [2.24, 2.45) is 11.8 Å². The number of nitrogens with one attached hydrogen (secondary N) is 4. The number of methoxy groups -OCH3 is 2. The van der Waals surface area contributed by atoms with Crippen molar-refractivity contribution in [3.8, 4) is 0 Å². The number of fused-ring (bicyclic) bond motifs is 2. The van der Waals surface area contributed by atoms with Gasteiger partial charge in [-0.25, -0.2) is 14.6 Å². The number of nitrogens with zero attached hydrogens (tertiary/aromatic N) is 1. The Bertz CT molecular complexity index is 1070. The van der Waals surface area contributed by atoms with Crippen LogP contribution in [0.25, 0.3) is 0 Å². The summed E-state index contributed by atoms with van der Waals surface area (Å²) >= 11 is 0. The molecule has 0 aliphatic carbocycles. The van der Waals surface area contributed by atoms with Crippen LogP contribution in [0, 0.1) is 11.8 Å². The monoisotopic (exact) mass is 625 g/mol. The van der Waals surface area contributed by atoms with Gasteiger partial charge < -0.3 is 30.7 Å². The van der Waals surface area contributed by atoms with Gasteiger partial charge in [-0.15, -0.1) is 0 Å². The minimum atomic E-state index is -1.06. The third kappa shape index (κ3) is 10.8. The van der Waals surface area contributed by atoms with Gasteiger partial charge in [-0.2, -0.15) is 0 Å². The lowest BCUT2D eigenvalue weighted by Gasteiger charge is -2.23. The van der Waals surface area contributed by atoms with Crippen LogP contribution in [0.3, 0.4) is 0 Å². The van der Waals surface area contributed by atoms with Crippen molar-refractivity contribution in [1.82, 2.24) is 26.3 Å². The summed E-state index contributed by atoms with van der Waals surface area (Å²) in [7, 11) is 4.74. The fraction of sp³-hybridized carbons (Fsp3) is 0.593. The molecule has 4 amide bonds. The number of esters is 2. The fourth-order valence-corrected chi connectivity index (χ4v) is 6.25. The average Bonchev–Trinajstić information content (AvgIpc) is 2.95. The van der Waals surface area contributed by atoms with Gasteiger partial charge in [-0.3, -0.25) is 19.2 Å². The fourth-order valence-electron chi connectivity index (χ4n) is 3.96. The third-order valence-electron chi connectivity index (χ3n) is 6.03. The number of rotatable bonds is 6. The molecular weight excluding hydrogens is 586 g/mol. The maximum atomic E-state index is 13.2. The number of amides is 4. The standard InChI is InChI=1S/C27H39N5O8S2/c1-14(2)10-18-24(35)31-20(26(37)39-5)12-41-42-13-21(27(38)40-6)32-25(36)19(11-15(3)4)30-23(34)17-9-7-8-16(28-17)22(33)29-18/h7-9,14-15,18-21H,10-13H2,1-6H3,(H,29,33)(H,30,34)(H,31,35)(H,32,36). The van der Waals surface area contributed by atoms with Crippen LogP contribution in [0.15, 0.2) is 18.2 Å². The number of aromatic nitrogens is 1. The Hall–Kier alpha value is -3.33. The van der Waals surface area contributed by atoms with E-state index >= 15 is 0 Å². The van der Waals surface area contributed by atoms with Crippen molar-refractivity contribution in [3.63, 3.8) is 0 Å². The largest absolute Gasteiger partial charge is 0.467 e. The van der Waals surface area contributed by atoms with Crippen molar-refractivity contribution >= 4 is 57.2 Å². The normalized spacial score (nSPS) is 23.0. The Balaban J connectivity index is 2.49. The van der Waals surface area contributed by atoms with Crippen LogP contribution in [0.1, 0.15) is 61.5 Å². The zero-order chi connectivity index (χ0) is 31.4. The van der Waals surface area contributed by atoms with Crippen molar-refractivity contribution in [2.45, 2.75) is 64.7 Å². The summed E-state index contributed by atoms with van der Waals surface area (Å²) in [6.07, 6.45) is 0.526. The zero-order valence-electron chi connectivity index (χ0n) is 24.6. The van der Waals surface area contributed by atoms with Gasteiger partial charge in [0.15, 0.2) is 0 Å². The van der Waals surface area contributed by atoms with E-state index in [-0.39, 0.29) is 47.6 Å². The third-order valence-corrected chi connectivity index (χ3v) is 8.45. The molecule has 1 aliphatic heterocycles. The predicted molar refractivity (Wildman–Crippen MR) is 158 cm³/mol. The number of hydrogen-bond donors (Lipinski definition) is 4. The molecule has 2 heterocycles. The smallest absolute Gasteiger partial charge is 0.329 e. The van der Waals surface area contributed by atoms with Crippen LogP contribution in [-0.4, -0.2) is 90.4 Å². The van der Waals surface area contributed by atoms with Gasteiger partial charge >= 0.3 is 11.9 Å². The van der Waals surface area contributed by atoms with Crippen LogP contribution < -0.4 is 21.3 Å².